The van der Waals surface area contributed by atoms with Gasteiger partial charge in [-0.25, -0.2) is 28.6 Å². The second kappa shape index (κ2) is 22.8. The van der Waals surface area contributed by atoms with E-state index in [0.717, 1.165) is 17.2 Å². The molecule has 0 spiro atoms. The van der Waals surface area contributed by atoms with Crippen molar-refractivity contribution in [3.05, 3.63) is 12.7 Å². The number of hydrogen-bond donors (Lipinski definition) is 13. The minimum atomic E-state index is -5.60. The molecule has 4 heterocycles. The van der Waals surface area contributed by atoms with Gasteiger partial charge in [-0.15, -0.1) is 0 Å². The fourth-order valence-corrected chi connectivity index (χ4v) is 9.47. The number of aliphatic hydroxyl groups is 4. The van der Waals surface area contributed by atoms with E-state index < -0.39 is 121 Å². The van der Waals surface area contributed by atoms with Crippen molar-refractivity contribution in [3.63, 3.8) is 0 Å². The molecule has 0 aromatic carbocycles. The highest BCUT2D eigenvalue weighted by molar-refractivity contribution is 7.99. The molecule has 2 aliphatic heterocycles. The van der Waals surface area contributed by atoms with Gasteiger partial charge in [0.25, 0.3) is 0 Å². The van der Waals surface area contributed by atoms with Crippen LogP contribution in [-0.4, -0.2) is 184 Å². The van der Waals surface area contributed by atoms with E-state index in [-0.39, 0.29) is 48.8 Å². The van der Waals surface area contributed by atoms with Gasteiger partial charge in [-0.05, 0) is 0 Å². The smallest absolute Gasteiger partial charge is 0.388 e. The quantitative estimate of drug-likeness (QED) is 0.0349. The summed E-state index contributed by atoms with van der Waals surface area (Å²) in [5.41, 5.74) is 9.94. The summed E-state index contributed by atoms with van der Waals surface area (Å²) in [5, 5.41) is 49.2. The highest BCUT2D eigenvalue weighted by atomic mass is 32.2. The number of phosphoric acid groups is 3. The van der Waals surface area contributed by atoms with Gasteiger partial charge in [-0.2, -0.15) is 16.1 Å². The monoisotopic (exact) mass is 999 g/mol. The molecular formula is C30H52N9O21P3S. The van der Waals surface area contributed by atoms with Gasteiger partial charge < -0.3 is 81.6 Å². The average Bonchev–Trinajstić information content (AvgIpc) is 3.77. The Morgan fingerprint density at radius 1 is 0.938 bits per heavy atom. The standard InChI is InChI=1S/C30H52N9O21P3S/c1-30(2,24(45)27(46)34-5-4-16(40)33-6-7-64-10-17(41)35-8-14-20(42)21(43)18(31)29(54-3)58-14)11-56-63(52,53)60-62(50,51)55-9-15-23(59-61(47,48)49)22(44)28(57-15)39-13-38-19-25(32)36-12-37-26(19)39/h12-15,18,20-24,28-29,42-45H,4-11,31H2,1-3H3,(H,33,40)(H,34,46)(H,35,41)(H,50,51)(H,52,53)(H2,32,36,37)(H2,47,48,49)/t14-,15-,18-,20-,21-,22-,23-,24+,28-,29+/m1/s1. The molecule has 64 heavy (non-hydrogen) atoms. The Morgan fingerprint density at radius 3 is 2.30 bits per heavy atom. The molecule has 4 rings (SSSR count). The van der Waals surface area contributed by atoms with Gasteiger partial charge in [0.1, 0.15) is 54.6 Å². The zero-order valence-corrected chi connectivity index (χ0v) is 37.7. The molecule has 2 aliphatic rings. The number of rotatable bonds is 24. The Morgan fingerprint density at radius 2 is 1.62 bits per heavy atom. The van der Waals surface area contributed by atoms with Crippen molar-refractivity contribution in [1.82, 2.24) is 35.5 Å². The van der Waals surface area contributed by atoms with Gasteiger partial charge in [0.2, 0.25) is 17.7 Å². The minimum absolute atomic E-state index is 0.00473. The van der Waals surface area contributed by atoms with Crippen molar-refractivity contribution < 1.29 is 100 Å². The Kier molecular flexibility index (Phi) is 19.1. The van der Waals surface area contributed by atoms with Crippen LogP contribution in [-0.2, 0) is 60.2 Å². The van der Waals surface area contributed by atoms with Crippen LogP contribution < -0.4 is 27.4 Å². The predicted molar refractivity (Wildman–Crippen MR) is 216 cm³/mol. The first-order valence-electron chi connectivity index (χ1n) is 18.8. The van der Waals surface area contributed by atoms with Crippen molar-refractivity contribution in [2.45, 2.75) is 81.6 Å². The molecule has 2 aromatic heterocycles. The lowest BCUT2D eigenvalue weighted by Crippen LogP contribution is -2.63. The lowest BCUT2D eigenvalue weighted by Gasteiger charge is -2.40. The molecule has 15 N–H and O–H groups in total. The summed E-state index contributed by atoms with van der Waals surface area (Å²) >= 11 is 1.18. The number of amides is 3. The van der Waals surface area contributed by atoms with Crippen LogP contribution in [0.4, 0.5) is 5.82 Å². The number of carbonyl (C=O) groups is 3. The number of hydrogen-bond acceptors (Lipinski definition) is 23. The lowest BCUT2D eigenvalue weighted by atomic mass is 9.87. The number of phosphoric ester groups is 3. The largest absolute Gasteiger partial charge is 0.481 e. The third kappa shape index (κ3) is 15.1. The maximum absolute atomic E-state index is 12.7. The second-order valence-electron chi connectivity index (χ2n) is 14.8. The zero-order chi connectivity index (χ0) is 47.8. The predicted octanol–water partition coefficient (Wildman–Crippen LogP) is -4.33. The number of aliphatic hydroxyl groups excluding tert-OH is 4. The number of anilines is 1. The maximum atomic E-state index is 12.7. The second-order valence-corrected chi connectivity index (χ2v) is 20.1. The third-order valence-electron chi connectivity index (χ3n) is 9.36. The van der Waals surface area contributed by atoms with Crippen LogP contribution in [0.1, 0.15) is 26.5 Å². The summed E-state index contributed by atoms with van der Waals surface area (Å²) < 4.78 is 72.7. The molecule has 0 saturated carbocycles. The number of aromatic nitrogens is 4. The molecule has 12 atom stereocenters. The summed E-state index contributed by atoms with van der Waals surface area (Å²) in [6, 6.07) is -0.975. The van der Waals surface area contributed by atoms with E-state index in [9.17, 15) is 68.1 Å². The summed E-state index contributed by atoms with van der Waals surface area (Å²) in [6.45, 7) is 0.167. The number of nitrogens with one attached hydrogen (secondary N) is 3. The van der Waals surface area contributed by atoms with E-state index in [1.165, 1.54) is 32.7 Å². The molecule has 2 saturated heterocycles. The van der Waals surface area contributed by atoms with Crippen LogP contribution in [0.3, 0.4) is 0 Å². The molecule has 2 unspecified atom stereocenters. The minimum Gasteiger partial charge on any atom is -0.388 e. The Balaban J connectivity index is 1.15. The topological polar surface area (TPSA) is 461 Å². The Bertz CT molecular complexity index is 2070. The van der Waals surface area contributed by atoms with E-state index in [0.29, 0.717) is 5.75 Å². The van der Waals surface area contributed by atoms with Gasteiger partial charge in [0, 0.05) is 44.3 Å². The van der Waals surface area contributed by atoms with Gasteiger partial charge >= 0.3 is 23.5 Å². The highest BCUT2D eigenvalue weighted by Crippen LogP contribution is 2.61. The molecule has 2 aromatic rings. The normalized spacial score (nSPS) is 27.7. The highest BCUT2D eigenvalue weighted by Gasteiger charge is 2.50. The fraction of sp³-hybridized carbons (Fsp3) is 0.733. The van der Waals surface area contributed by atoms with E-state index >= 15 is 0 Å². The molecule has 364 valence electrons. The van der Waals surface area contributed by atoms with Gasteiger partial charge in [0.15, 0.2) is 24.0 Å². The van der Waals surface area contributed by atoms with Crippen molar-refractivity contribution in [1.29, 1.82) is 0 Å². The lowest BCUT2D eigenvalue weighted by molar-refractivity contribution is -0.249. The number of methoxy groups -OCH3 is 1. The van der Waals surface area contributed by atoms with E-state index in [1.807, 2.05) is 0 Å². The van der Waals surface area contributed by atoms with Crippen LogP contribution in [0.15, 0.2) is 12.7 Å². The van der Waals surface area contributed by atoms with Crippen LogP contribution in [0, 0.1) is 5.41 Å². The van der Waals surface area contributed by atoms with Crippen molar-refractivity contribution >= 4 is 69.9 Å². The van der Waals surface area contributed by atoms with Crippen LogP contribution >= 0.6 is 35.2 Å². The number of fused-ring (bicyclic) bond motifs is 1. The first kappa shape index (κ1) is 53.8. The molecule has 0 aliphatic carbocycles. The number of carbonyl (C=O) groups excluding carboxylic acids is 3. The molecule has 0 radical (unpaired) electrons. The number of ether oxygens (including phenoxy) is 3. The third-order valence-corrected chi connectivity index (χ3v) is 13.4. The number of nitrogens with two attached hydrogens (primary N) is 2. The summed E-state index contributed by atoms with van der Waals surface area (Å²) in [6.07, 6.45) is -11.7. The Labute approximate surface area is 367 Å². The first-order valence-corrected chi connectivity index (χ1v) is 24.5. The SMILES string of the molecule is CO[C@H]1O[C@H](CNC(=O)CSCCNC(=O)CCNC(=O)[C@H](O)C(C)(C)COP(=O)(O)OP(=O)(O)OC[C@H]2O[C@@H](n3cnc4c(N)ncnc43)[C@H](O)[C@@H]2OP(=O)(O)O)[C@@H](O)[C@H](O)[C@H]1N. The van der Waals surface area contributed by atoms with E-state index in [2.05, 4.69) is 39.7 Å². The molecular weight excluding hydrogens is 947 g/mol. The van der Waals surface area contributed by atoms with E-state index in [1.54, 1.807) is 0 Å². The van der Waals surface area contributed by atoms with Crippen LogP contribution in [0.25, 0.3) is 11.2 Å². The summed E-state index contributed by atoms with van der Waals surface area (Å²) in [4.78, 5) is 88.1. The van der Waals surface area contributed by atoms with Crippen LogP contribution in [0.2, 0.25) is 0 Å². The number of nitrogens with zero attached hydrogens (tertiary/aromatic N) is 4. The van der Waals surface area contributed by atoms with Gasteiger partial charge in [-0.3, -0.25) is 32.5 Å². The first-order chi connectivity index (χ1) is 29.8. The van der Waals surface area contributed by atoms with Crippen LogP contribution in [0.5, 0.6) is 0 Å². The van der Waals surface area contributed by atoms with E-state index in [4.69, 9.17) is 34.7 Å². The Hall–Kier alpha value is -2.84. The number of imidazole rings is 1. The maximum Gasteiger partial charge on any atom is 0.481 e. The molecule has 2 fully saturated rings. The fourth-order valence-electron chi connectivity index (χ4n) is 5.97. The summed E-state index contributed by atoms with van der Waals surface area (Å²) in [5.74, 6) is -1.65. The molecule has 3 amide bonds. The number of nitrogen functional groups attached to an aromatic ring is 1. The summed E-state index contributed by atoms with van der Waals surface area (Å²) in [7, 11) is -15.2. The van der Waals surface area contributed by atoms with Crippen molar-refractivity contribution in [2.24, 2.45) is 11.1 Å². The molecule has 30 nitrogen and oxygen atoms in total. The average molecular weight is 1000 g/mol. The molecule has 0 bridgehead atoms. The van der Waals surface area contributed by atoms with Gasteiger partial charge in [0.05, 0.1) is 31.3 Å². The van der Waals surface area contributed by atoms with Crippen molar-refractivity contribution in [2.75, 3.05) is 57.2 Å². The number of thioether (sulfide) groups is 1. The van der Waals surface area contributed by atoms with Gasteiger partial charge in [-0.1, -0.05) is 13.8 Å². The molecule has 34 heteroatoms. The van der Waals surface area contributed by atoms with Crippen molar-refractivity contribution in [3.8, 4) is 0 Å². The zero-order valence-electron chi connectivity index (χ0n) is 34.2.